The fraction of sp³-hybridized carbons (Fsp3) is 0.103. The zero-order valence-corrected chi connectivity index (χ0v) is 31.4. The molecular formula is C29H36O14Ti4-2. The van der Waals surface area contributed by atoms with Crippen LogP contribution in [0.1, 0.15) is 17.2 Å². The van der Waals surface area contributed by atoms with Gasteiger partial charge in [-0.3, -0.25) is 0 Å². The van der Waals surface area contributed by atoms with Gasteiger partial charge >= 0.3 is 25.7 Å². The third-order valence-electron chi connectivity index (χ3n) is 5.28. The first-order valence-corrected chi connectivity index (χ1v) is 12.6. The Kier molecular flexibility index (Phi) is 34.3. The van der Waals surface area contributed by atoms with E-state index in [0.717, 1.165) is 0 Å². The molecule has 0 bridgehead atoms. The number of aliphatic hydroxyl groups is 1. The van der Waals surface area contributed by atoms with Crippen LogP contribution in [0.4, 0.5) is 0 Å². The standard InChI is InChI=1S/C15H14O6.2C6H6O2.2CH3.2H2O.2O.4Ti/c16-8-4-11(18)9-6-13(20)15(21-14(9)5-8)7-1-2-10(17)12(19)3-7;2*7-5-3-1-2-4-6(5)8;;;;;;;;;;/h1-5,13,15-20H,6H2;2*1-4,7-8H;2*1H3;2*1H2;;;;;;/q;;;2*-1;;;;;;;;/t13-,15+;;;;;;;;;;;;/m0............/s1. The minimum absolute atomic E-state index is 0. The summed E-state index contributed by atoms with van der Waals surface area (Å²) in [5.41, 5.74) is 0.894. The molecule has 0 saturated heterocycles. The van der Waals surface area contributed by atoms with E-state index >= 15 is 0 Å². The Balaban J connectivity index is -0.000000137. The molecule has 47 heavy (non-hydrogen) atoms. The molecule has 1 aliphatic rings. The fourth-order valence-electron chi connectivity index (χ4n) is 3.39. The molecule has 0 spiro atoms. The molecular weight excluding hydrogens is 764 g/mol. The molecule has 0 unspecified atom stereocenters. The van der Waals surface area contributed by atoms with Crippen LogP contribution in [0, 0.1) is 14.9 Å². The molecule has 0 aromatic heterocycles. The molecule has 4 aromatic rings. The number of aliphatic hydroxyl groups excluding tert-OH is 1. The van der Waals surface area contributed by atoms with Crippen molar-refractivity contribution in [2.45, 2.75) is 18.6 Å². The van der Waals surface area contributed by atoms with Gasteiger partial charge in [0.05, 0.1) is 6.10 Å². The zero-order valence-electron chi connectivity index (χ0n) is 25.1. The minimum Gasteiger partial charge on any atom is 0 e. The fourth-order valence-corrected chi connectivity index (χ4v) is 3.39. The quantitative estimate of drug-likeness (QED) is 0.0763. The van der Waals surface area contributed by atoms with Gasteiger partial charge in [0.15, 0.2) is 34.5 Å². The van der Waals surface area contributed by atoms with E-state index in [0.29, 0.717) is 11.1 Å². The average Bonchev–Trinajstić information content (AvgIpc) is 2.91. The normalized spacial score (nSPS) is 12.4. The second-order valence-electron chi connectivity index (χ2n) is 8.06. The van der Waals surface area contributed by atoms with Crippen molar-refractivity contribution in [3.8, 4) is 51.7 Å². The van der Waals surface area contributed by atoms with Gasteiger partial charge in [-0.05, 0) is 42.0 Å². The Morgan fingerprint density at radius 2 is 0.957 bits per heavy atom. The van der Waals surface area contributed by atoms with Gasteiger partial charge in [-0.15, -0.1) is 0 Å². The van der Waals surface area contributed by atoms with E-state index in [1.54, 1.807) is 24.3 Å². The summed E-state index contributed by atoms with van der Waals surface area (Å²) in [6.07, 6.45) is -1.56. The number of para-hydroxylation sites is 4. The van der Waals surface area contributed by atoms with Gasteiger partial charge in [0.25, 0.3) is 0 Å². The maximum absolute atomic E-state index is 10.2. The number of benzene rings is 4. The Morgan fingerprint density at radius 3 is 1.32 bits per heavy atom. The maximum Gasteiger partial charge on any atom is 0 e. The van der Waals surface area contributed by atoms with Crippen LogP contribution in [0.25, 0.3) is 0 Å². The molecule has 0 fully saturated rings. The van der Waals surface area contributed by atoms with Crippen LogP contribution < -0.4 is 4.74 Å². The van der Waals surface area contributed by atoms with Crippen LogP contribution in [-0.4, -0.2) is 63.0 Å². The van der Waals surface area contributed by atoms with E-state index in [1.165, 1.54) is 54.6 Å². The van der Waals surface area contributed by atoms with E-state index < -0.39 is 31.3 Å². The predicted octanol–water partition coefficient (Wildman–Crippen LogP) is 2.75. The zero-order chi connectivity index (χ0) is 29.8. The van der Waals surface area contributed by atoms with Crippen LogP contribution in [0.15, 0.2) is 78.9 Å². The van der Waals surface area contributed by atoms with Crippen molar-refractivity contribution >= 4 is 0 Å². The summed E-state index contributed by atoms with van der Waals surface area (Å²) < 4.78 is 22.6. The SMILES string of the molecule is O.O.Oc1cc(O)c2c(c1)O[C@H](c1ccc(O)c(O)c1)[C@@H](O)C2.Oc1ccccc1O.Oc1ccccc1O.[CH3-].[CH3-].[O]=[Ti]=[O].[Ti].[Ti].[Ti]. The van der Waals surface area contributed by atoms with Gasteiger partial charge in [-0.25, -0.2) is 0 Å². The second kappa shape index (κ2) is 28.4. The molecule has 0 saturated carbocycles. The summed E-state index contributed by atoms with van der Waals surface area (Å²) in [7, 11) is 0. The summed E-state index contributed by atoms with van der Waals surface area (Å²) in [5, 5.41) is 83.0. The Labute approximate surface area is 325 Å². The first kappa shape index (κ1) is 56.7. The number of fused-ring (bicyclic) bond motifs is 1. The Bertz CT molecular complexity index is 1390. The first-order valence-electron chi connectivity index (χ1n) is 11.3. The summed E-state index contributed by atoms with van der Waals surface area (Å²) in [4.78, 5) is 0. The molecule has 18 heteroatoms. The summed E-state index contributed by atoms with van der Waals surface area (Å²) in [6.45, 7) is 0. The number of aromatic hydroxyl groups is 8. The maximum atomic E-state index is 10.2. The third-order valence-corrected chi connectivity index (χ3v) is 5.28. The topological polar surface area (TPSA) is 288 Å². The third kappa shape index (κ3) is 17.9. The van der Waals surface area contributed by atoms with Crippen molar-refractivity contribution < 1.29 is 153 Å². The summed E-state index contributed by atoms with van der Waals surface area (Å²) >= 11 is -2.00. The van der Waals surface area contributed by atoms with Crippen molar-refractivity contribution in [2.24, 2.45) is 0 Å². The van der Waals surface area contributed by atoms with Gasteiger partial charge in [0.1, 0.15) is 23.4 Å². The molecule has 1 heterocycles. The number of rotatable bonds is 1. The molecule has 5 rings (SSSR count). The molecule has 1 aliphatic heterocycles. The van der Waals surface area contributed by atoms with Crippen LogP contribution in [0.5, 0.6) is 51.7 Å². The van der Waals surface area contributed by atoms with Gasteiger partial charge in [-0.2, -0.15) is 0 Å². The molecule has 2 atom stereocenters. The molecule has 0 radical (unpaired) electrons. The van der Waals surface area contributed by atoms with Crippen molar-refractivity contribution in [1.29, 1.82) is 0 Å². The summed E-state index contributed by atoms with van der Waals surface area (Å²) in [6, 6.07) is 19.0. The van der Waals surface area contributed by atoms with E-state index in [-0.39, 0.29) is 149 Å². The van der Waals surface area contributed by atoms with E-state index in [4.69, 9.17) is 31.8 Å². The van der Waals surface area contributed by atoms with Crippen molar-refractivity contribution in [3.63, 3.8) is 0 Å². The molecule has 14 nitrogen and oxygen atoms in total. The number of phenolic OH excluding ortho intramolecular Hbond substituents is 8. The Hall–Kier alpha value is -2.58. The monoisotopic (exact) mass is 800 g/mol. The van der Waals surface area contributed by atoms with Crippen molar-refractivity contribution in [3.05, 3.63) is 105 Å². The first-order chi connectivity index (χ1) is 19.0. The van der Waals surface area contributed by atoms with E-state index in [2.05, 4.69) is 0 Å². The van der Waals surface area contributed by atoms with Gasteiger partial charge < -0.3 is 76.5 Å². The minimum atomic E-state index is -2.00. The predicted molar refractivity (Wildman–Crippen MR) is 154 cm³/mol. The van der Waals surface area contributed by atoms with Crippen LogP contribution in [-0.2, 0) is 97.3 Å². The molecule has 0 amide bonds. The van der Waals surface area contributed by atoms with Crippen LogP contribution in [0.2, 0.25) is 0 Å². The molecule has 13 N–H and O–H groups in total. The van der Waals surface area contributed by atoms with Crippen LogP contribution >= 0.6 is 0 Å². The summed E-state index contributed by atoms with van der Waals surface area (Å²) in [5.74, 6) is -0.894. The number of hydrogen-bond acceptors (Lipinski definition) is 12. The average molecular weight is 800 g/mol. The second-order valence-corrected chi connectivity index (χ2v) is 8.32. The van der Waals surface area contributed by atoms with Crippen LogP contribution in [0.3, 0.4) is 0 Å². The van der Waals surface area contributed by atoms with Gasteiger partial charge in [-0.1, -0.05) is 30.3 Å². The van der Waals surface area contributed by atoms with Gasteiger partial charge in [0, 0.05) is 89.3 Å². The molecule has 4 aromatic carbocycles. The molecule has 254 valence electrons. The van der Waals surface area contributed by atoms with Gasteiger partial charge in [0.2, 0.25) is 0 Å². The van der Waals surface area contributed by atoms with E-state index in [9.17, 15) is 25.5 Å². The number of phenols is 8. The number of ether oxygens (including phenoxy) is 1. The smallest absolute Gasteiger partial charge is 0 e. The molecule has 0 aliphatic carbocycles. The number of hydrogen-bond donors (Lipinski definition) is 9. The van der Waals surface area contributed by atoms with Crippen molar-refractivity contribution in [2.75, 3.05) is 0 Å². The largest absolute Gasteiger partial charge is 0 e. The Morgan fingerprint density at radius 1 is 0.574 bits per heavy atom. The van der Waals surface area contributed by atoms with Crippen molar-refractivity contribution in [1.82, 2.24) is 0 Å². The van der Waals surface area contributed by atoms with E-state index in [1.807, 2.05) is 0 Å².